The summed E-state index contributed by atoms with van der Waals surface area (Å²) in [4.78, 5) is 28.1. The van der Waals surface area contributed by atoms with E-state index in [1.807, 2.05) is 24.3 Å². The Morgan fingerprint density at radius 3 is 2.54 bits per heavy atom. The van der Waals surface area contributed by atoms with Gasteiger partial charge in [0.2, 0.25) is 5.91 Å². The van der Waals surface area contributed by atoms with E-state index in [4.69, 9.17) is 0 Å². The maximum Gasteiger partial charge on any atom is 0.282 e. The Kier molecular flexibility index (Phi) is 5.18. The topological polar surface area (TPSA) is 53.9 Å². The number of carbonyl (C=O) groups is 2. The molecular weight excluding hydrogens is 350 g/mol. The van der Waals surface area contributed by atoms with E-state index in [9.17, 15) is 9.59 Å². The zero-order chi connectivity index (χ0) is 19.7. The minimum Gasteiger partial charge on any atom is -0.323 e. The third kappa shape index (κ3) is 4.09. The molecule has 5 nitrogen and oxygen atoms in total. The van der Waals surface area contributed by atoms with E-state index in [1.165, 1.54) is 28.9 Å². The fraction of sp³-hybridized carbons (Fsp3) is 0.391. The Morgan fingerprint density at radius 2 is 1.86 bits per heavy atom. The van der Waals surface area contributed by atoms with Gasteiger partial charge in [0, 0.05) is 18.4 Å². The Bertz CT molecular complexity index is 872. The number of hydrogen-bond donors (Lipinski definition) is 2. The van der Waals surface area contributed by atoms with E-state index in [0.29, 0.717) is 24.2 Å². The van der Waals surface area contributed by atoms with Crippen molar-refractivity contribution < 1.29 is 14.5 Å². The molecule has 28 heavy (non-hydrogen) atoms. The second-order valence-corrected chi connectivity index (χ2v) is 8.23. The van der Waals surface area contributed by atoms with Crippen LogP contribution in [-0.2, 0) is 16.1 Å². The quantitative estimate of drug-likeness (QED) is 0.811. The van der Waals surface area contributed by atoms with Crippen molar-refractivity contribution in [1.82, 2.24) is 0 Å². The number of carbonyl (C=O) groups excluding carboxylic acids is 2. The fourth-order valence-electron chi connectivity index (χ4n) is 3.87. The minimum absolute atomic E-state index is 0.0167. The number of nitrogens with one attached hydrogen (secondary N) is 2. The van der Waals surface area contributed by atoms with Crippen molar-refractivity contribution in [2.24, 2.45) is 0 Å². The molecule has 0 aromatic heterocycles. The molecule has 2 N–H and O–H groups in total. The van der Waals surface area contributed by atoms with Crippen molar-refractivity contribution in [3.05, 3.63) is 59.7 Å². The standard InChI is InChI=1S/C23H27N3O2/c1-16(2)18-9-7-17(8-10-18)13-25(19-11-12-19)15-23(28)26-14-22(27)24-20-5-3-4-6-21(20)26/h3-10,16,19H,11-15H2,1-2H3,(H,24,27)/p+1. The average molecular weight is 378 g/mol. The van der Waals surface area contributed by atoms with Gasteiger partial charge in [0.1, 0.15) is 13.1 Å². The highest BCUT2D eigenvalue weighted by Gasteiger charge is 2.37. The summed E-state index contributed by atoms with van der Waals surface area (Å²) in [6, 6.07) is 16.8. The zero-order valence-corrected chi connectivity index (χ0v) is 16.6. The molecule has 1 fully saturated rings. The molecule has 0 radical (unpaired) electrons. The van der Waals surface area contributed by atoms with Gasteiger partial charge in [-0.05, 0) is 23.6 Å². The lowest BCUT2D eigenvalue weighted by Crippen LogP contribution is -3.13. The SMILES string of the molecule is CC(C)c1ccc(C[NH+](CC(=O)N2CC(=O)Nc3ccccc32)C2CC2)cc1. The third-order valence-corrected chi connectivity index (χ3v) is 5.68. The van der Waals surface area contributed by atoms with Crippen LogP contribution in [0, 0.1) is 0 Å². The Balaban J connectivity index is 1.48. The summed E-state index contributed by atoms with van der Waals surface area (Å²) in [6.07, 6.45) is 2.34. The first kappa shape index (κ1) is 18.7. The summed E-state index contributed by atoms with van der Waals surface area (Å²) in [6.45, 7) is 5.75. The molecule has 1 unspecified atom stereocenters. The number of hydrogen-bond acceptors (Lipinski definition) is 2. The van der Waals surface area contributed by atoms with Gasteiger partial charge in [-0.2, -0.15) is 0 Å². The van der Waals surface area contributed by atoms with Gasteiger partial charge in [0.25, 0.3) is 5.91 Å². The highest BCUT2D eigenvalue weighted by Crippen LogP contribution is 2.28. The third-order valence-electron chi connectivity index (χ3n) is 5.68. The van der Waals surface area contributed by atoms with Crippen molar-refractivity contribution in [1.29, 1.82) is 0 Å². The van der Waals surface area contributed by atoms with Crippen LogP contribution in [-0.4, -0.2) is 30.9 Å². The molecule has 1 aliphatic heterocycles. The molecular formula is C23H28N3O2+. The van der Waals surface area contributed by atoms with Crippen LogP contribution in [0.2, 0.25) is 0 Å². The lowest BCUT2D eigenvalue weighted by Gasteiger charge is -2.30. The minimum atomic E-state index is -0.135. The van der Waals surface area contributed by atoms with Gasteiger partial charge < -0.3 is 10.2 Å². The molecule has 1 aliphatic carbocycles. The van der Waals surface area contributed by atoms with Gasteiger partial charge in [-0.1, -0.05) is 50.2 Å². The number of amides is 2. The van der Waals surface area contributed by atoms with Crippen LogP contribution >= 0.6 is 0 Å². The predicted molar refractivity (Wildman–Crippen MR) is 111 cm³/mol. The molecule has 0 saturated heterocycles. The summed E-state index contributed by atoms with van der Waals surface area (Å²) in [7, 11) is 0. The molecule has 4 rings (SSSR count). The second-order valence-electron chi connectivity index (χ2n) is 8.23. The second kappa shape index (κ2) is 7.76. The number of rotatable bonds is 6. The summed E-state index contributed by atoms with van der Waals surface area (Å²) >= 11 is 0. The molecule has 1 heterocycles. The molecule has 2 aromatic rings. The van der Waals surface area contributed by atoms with E-state index in [1.54, 1.807) is 4.90 Å². The van der Waals surface area contributed by atoms with E-state index >= 15 is 0 Å². The molecule has 146 valence electrons. The lowest BCUT2D eigenvalue weighted by atomic mass is 10.0. The highest BCUT2D eigenvalue weighted by molar-refractivity contribution is 6.10. The van der Waals surface area contributed by atoms with Crippen LogP contribution in [0.5, 0.6) is 0 Å². The molecule has 0 bridgehead atoms. The van der Waals surface area contributed by atoms with E-state index in [0.717, 1.165) is 12.2 Å². The first-order chi connectivity index (χ1) is 13.5. The molecule has 0 spiro atoms. The van der Waals surface area contributed by atoms with Crippen molar-refractivity contribution >= 4 is 23.2 Å². The van der Waals surface area contributed by atoms with Crippen LogP contribution in [0.1, 0.15) is 43.7 Å². The zero-order valence-electron chi connectivity index (χ0n) is 16.6. The van der Waals surface area contributed by atoms with E-state index in [-0.39, 0.29) is 18.4 Å². The van der Waals surface area contributed by atoms with Gasteiger partial charge in [0.15, 0.2) is 6.54 Å². The number of fused-ring (bicyclic) bond motifs is 1. The predicted octanol–water partition coefficient (Wildman–Crippen LogP) is 2.34. The normalized spacial score (nSPS) is 17.2. The number of benzene rings is 2. The fourth-order valence-corrected chi connectivity index (χ4v) is 3.87. The summed E-state index contributed by atoms with van der Waals surface area (Å²) in [5.74, 6) is 0.403. The van der Waals surface area contributed by atoms with Crippen LogP contribution in [0.15, 0.2) is 48.5 Å². The Morgan fingerprint density at radius 1 is 1.14 bits per heavy atom. The summed E-state index contributed by atoms with van der Waals surface area (Å²) < 4.78 is 0. The van der Waals surface area contributed by atoms with Crippen LogP contribution in [0.3, 0.4) is 0 Å². The molecule has 2 aromatic carbocycles. The first-order valence-electron chi connectivity index (χ1n) is 10.1. The average Bonchev–Trinajstić information content (AvgIpc) is 3.52. The molecule has 2 aliphatic rings. The van der Waals surface area contributed by atoms with Crippen LogP contribution in [0.25, 0.3) is 0 Å². The van der Waals surface area contributed by atoms with Crippen molar-refractivity contribution in [2.45, 2.75) is 45.2 Å². The maximum absolute atomic E-state index is 13.1. The monoisotopic (exact) mass is 378 g/mol. The lowest BCUT2D eigenvalue weighted by molar-refractivity contribution is -0.917. The molecule has 5 heteroatoms. The van der Waals surface area contributed by atoms with Crippen LogP contribution < -0.4 is 15.1 Å². The first-order valence-corrected chi connectivity index (χ1v) is 10.1. The van der Waals surface area contributed by atoms with Gasteiger partial charge in [0.05, 0.1) is 17.4 Å². The van der Waals surface area contributed by atoms with Gasteiger partial charge >= 0.3 is 0 Å². The number of anilines is 2. The smallest absolute Gasteiger partial charge is 0.282 e. The number of nitrogens with zero attached hydrogens (tertiary/aromatic N) is 1. The van der Waals surface area contributed by atoms with E-state index in [2.05, 4.69) is 43.4 Å². The Hall–Kier alpha value is -2.66. The van der Waals surface area contributed by atoms with Crippen LogP contribution in [0.4, 0.5) is 11.4 Å². The highest BCUT2D eigenvalue weighted by atomic mass is 16.2. The molecule has 1 saturated carbocycles. The number of quaternary nitrogens is 1. The molecule has 1 atom stereocenters. The van der Waals surface area contributed by atoms with Gasteiger partial charge in [-0.25, -0.2) is 0 Å². The largest absolute Gasteiger partial charge is 0.323 e. The number of para-hydroxylation sites is 2. The van der Waals surface area contributed by atoms with Gasteiger partial charge in [-0.3, -0.25) is 14.5 Å². The van der Waals surface area contributed by atoms with Crippen molar-refractivity contribution in [2.75, 3.05) is 23.3 Å². The summed E-state index contributed by atoms with van der Waals surface area (Å²) in [5.41, 5.74) is 4.10. The van der Waals surface area contributed by atoms with Crippen molar-refractivity contribution in [3.63, 3.8) is 0 Å². The van der Waals surface area contributed by atoms with Crippen molar-refractivity contribution in [3.8, 4) is 0 Å². The maximum atomic E-state index is 13.1. The van der Waals surface area contributed by atoms with Gasteiger partial charge in [-0.15, -0.1) is 0 Å². The Labute approximate surface area is 166 Å². The molecule has 2 amide bonds. The summed E-state index contributed by atoms with van der Waals surface area (Å²) in [5, 5.41) is 2.85. The van der Waals surface area contributed by atoms with E-state index < -0.39 is 0 Å².